The van der Waals surface area contributed by atoms with Crippen molar-refractivity contribution < 1.29 is 29.0 Å². The van der Waals surface area contributed by atoms with Crippen molar-refractivity contribution in [2.45, 2.75) is 50.7 Å². The van der Waals surface area contributed by atoms with Gasteiger partial charge in [0.2, 0.25) is 5.91 Å². The monoisotopic (exact) mass is 480 g/mol. The second-order valence-electron chi connectivity index (χ2n) is 9.86. The third-order valence-corrected chi connectivity index (χ3v) is 6.69. The van der Waals surface area contributed by atoms with Crippen LogP contribution < -0.4 is 10.6 Å². The number of fused-ring (bicyclic) bond motifs is 3. The van der Waals surface area contributed by atoms with E-state index < -0.39 is 17.6 Å². The molecule has 1 aliphatic carbocycles. The molecule has 1 aliphatic heterocycles. The molecule has 0 radical (unpaired) electrons. The Labute approximate surface area is 205 Å². The molecule has 0 bridgehead atoms. The van der Waals surface area contributed by atoms with E-state index in [1.807, 2.05) is 24.3 Å². The number of carbonyl (C=O) groups is 3. The minimum absolute atomic E-state index is 0.00608. The summed E-state index contributed by atoms with van der Waals surface area (Å²) < 4.78 is 11.2. The normalized spacial score (nSPS) is 19.0. The number of carbonyl (C=O) groups excluding carboxylic acids is 2. The average molecular weight is 481 g/mol. The molecule has 3 N–H and O–H groups in total. The number of ether oxygens (including phenoxy) is 2. The minimum atomic E-state index is -0.893. The lowest BCUT2D eigenvalue weighted by Crippen LogP contribution is -2.46. The van der Waals surface area contributed by atoms with E-state index in [-0.39, 0.29) is 50.0 Å². The summed E-state index contributed by atoms with van der Waals surface area (Å²) in [6, 6.07) is 16.3. The summed E-state index contributed by atoms with van der Waals surface area (Å²) in [7, 11) is 0. The number of aliphatic carboxylic acids is 1. The van der Waals surface area contributed by atoms with Crippen LogP contribution in [-0.4, -0.2) is 54.5 Å². The van der Waals surface area contributed by atoms with Crippen LogP contribution in [-0.2, 0) is 19.1 Å². The number of nitrogens with one attached hydrogen (secondary N) is 2. The molecule has 8 heteroatoms. The van der Waals surface area contributed by atoms with Gasteiger partial charge in [0, 0.05) is 24.4 Å². The highest BCUT2D eigenvalue weighted by Crippen LogP contribution is 2.44. The highest BCUT2D eigenvalue weighted by atomic mass is 16.5. The fourth-order valence-corrected chi connectivity index (χ4v) is 4.79. The zero-order valence-electron chi connectivity index (χ0n) is 20.1. The van der Waals surface area contributed by atoms with E-state index >= 15 is 0 Å². The van der Waals surface area contributed by atoms with Gasteiger partial charge in [-0.2, -0.15) is 0 Å². The second-order valence-corrected chi connectivity index (χ2v) is 9.86. The summed E-state index contributed by atoms with van der Waals surface area (Å²) in [6.45, 7) is 4.36. The molecule has 0 saturated carbocycles. The Morgan fingerprint density at radius 3 is 2.31 bits per heavy atom. The molecular formula is C27H32N2O6. The predicted molar refractivity (Wildman–Crippen MR) is 130 cm³/mol. The number of carboxylic acids is 1. The Bertz CT molecular complexity index is 1050. The summed E-state index contributed by atoms with van der Waals surface area (Å²) >= 11 is 0. The minimum Gasteiger partial charge on any atom is -0.481 e. The van der Waals surface area contributed by atoms with Crippen LogP contribution in [0.15, 0.2) is 48.5 Å². The zero-order chi connectivity index (χ0) is 25.0. The molecule has 2 aromatic rings. The second kappa shape index (κ2) is 10.5. The van der Waals surface area contributed by atoms with Crippen LogP contribution in [0.25, 0.3) is 11.1 Å². The van der Waals surface area contributed by atoms with Crippen molar-refractivity contribution >= 4 is 18.0 Å². The van der Waals surface area contributed by atoms with Gasteiger partial charge < -0.3 is 25.2 Å². The summed E-state index contributed by atoms with van der Waals surface area (Å²) in [5, 5.41) is 14.5. The summed E-state index contributed by atoms with van der Waals surface area (Å²) in [6.07, 6.45) is 0.00610. The van der Waals surface area contributed by atoms with Crippen molar-refractivity contribution in [3.8, 4) is 11.1 Å². The van der Waals surface area contributed by atoms with Gasteiger partial charge in [-0.25, -0.2) is 4.79 Å². The standard InChI is InChI=1S/C27H32N2O6/c1-27(2,12-11-24(30)31)29-25(32)17-13-18(34-15-17)14-28-26(33)35-16-23-21-9-5-3-7-19(21)20-8-4-6-10-22(20)23/h3-10,17-18,23H,11-16H2,1-2H3,(H,28,33)(H,29,32)(H,30,31)/t17-,18-/m0/s1. The number of rotatable bonds is 9. The number of hydrogen-bond acceptors (Lipinski definition) is 5. The first-order valence-electron chi connectivity index (χ1n) is 12.0. The quantitative estimate of drug-likeness (QED) is 0.504. The van der Waals surface area contributed by atoms with Gasteiger partial charge in [-0.05, 0) is 48.9 Å². The molecule has 2 aromatic carbocycles. The van der Waals surface area contributed by atoms with Gasteiger partial charge >= 0.3 is 12.1 Å². The average Bonchev–Trinajstić information content (AvgIpc) is 3.43. The molecule has 1 heterocycles. The van der Waals surface area contributed by atoms with E-state index in [4.69, 9.17) is 14.6 Å². The van der Waals surface area contributed by atoms with Crippen LogP contribution >= 0.6 is 0 Å². The van der Waals surface area contributed by atoms with Gasteiger partial charge in [0.25, 0.3) is 0 Å². The van der Waals surface area contributed by atoms with Crippen LogP contribution in [0.5, 0.6) is 0 Å². The highest BCUT2D eigenvalue weighted by Gasteiger charge is 2.34. The fraction of sp³-hybridized carbons (Fsp3) is 0.444. The molecule has 35 heavy (non-hydrogen) atoms. The Balaban J connectivity index is 1.22. The van der Waals surface area contributed by atoms with E-state index in [0.717, 1.165) is 11.1 Å². The van der Waals surface area contributed by atoms with Gasteiger partial charge in [0.1, 0.15) is 6.61 Å². The topological polar surface area (TPSA) is 114 Å². The molecule has 1 fully saturated rings. The first-order chi connectivity index (χ1) is 16.7. The maximum Gasteiger partial charge on any atom is 0.407 e. The maximum atomic E-state index is 12.6. The van der Waals surface area contributed by atoms with Crippen LogP contribution in [0.3, 0.4) is 0 Å². The van der Waals surface area contributed by atoms with Crippen LogP contribution in [0.1, 0.15) is 50.2 Å². The fourth-order valence-electron chi connectivity index (χ4n) is 4.79. The number of hydrogen-bond donors (Lipinski definition) is 3. The van der Waals surface area contributed by atoms with E-state index in [9.17, 15) is 14.4 Å². The zero-order valence-corrected chi connectivity index (χ0v) is 20.1. The predicted octanol–water partition coefficient (Wildman–Crippen LogP) is 3.69. The Hall–Kier alpha value is -3.39. The third kappa shape index (κ3) is 6.00. The summed E-state index contributed by atoms with van der Waals surface area (Å²) in [4.78, 5) is 35.8. The summed E-state index contributed by atoms with van der Waals surface area (Å²) in [5.74, 6) is -1.40. The molecule has 0 aromatic heterocycles. The van der Waals surface area contributed by atoms with E-state index in [2.05, 4.69) is 34.9 Å². The van der Waals surface area contributed by atoms with Crippen molar-refractivity contribution in [2.75, 3.05) is 19.8 Å². The van der Waals surface area contributed by atoms with Crippen LogP contribution in [0.2, 0.25) is 0 Å². The molecule has 2 amide bonds. The van der Waals surface area contributed by atoms with Gasteiger partial charge in [0.15, 0.2) is 0 Å². The molecule has 0 unspecified atom stereocenters. The largest absolute Gasteiger partial charge is 0.481 e. The highest BCUT2D eigenvalue weighted by molar-refractivity contribution is 5.80. The lowest BCUT2D eigenvalue weighted by Gasteiger charge is -2.27. The molecule has 2 aliphatic rings. The summed E-state index contributed by atoms with van der Waals surface area (Å²) in [5.41, 5.74) is 4.04. The molecule has 8 nitrogen and oxygen atoms in total. The van der Waals surface area contributed by atoms with Crippen molar-refractivity contribution in [1.29, 1.82) is 0 Å². The Kier molecular flexibility index (Phi) is 7.40. The van der Waals surface area contributed by atoms with Crippen LogP contribution in [0, 0.1) is 5.92 Å². The third-order valence-electron chi connectivity index (χ3n) is 6.69. The molecule has 4 rings (SSSR count). The smallest absolute Gasteiger partial charge is 0.407 e. The van der Waals surface area contributed by atoms with Crippen molar-refractivity contribution in [1.82, 2.24) is 10.6 Å². The van der Waals surface area contributed by atoms with E-state index in [1.54, 1.807) is 13.8 Å². The maximum absolute atomic E-state index is 12.6. The van der Waals surface area contributed by atoms with Gasteiger partial charge in [-0.3, -0.25) is 9.59 Å². The lowest BCUT2D eigenvalue weighted by atomic mass is 9.96. The molecule has 186 valence electrons. The van der Waals surface area contributed by atoms with Gasteiger partial charge in [-0.15, -0.1) is 0 Å². The molecular weight excluding hydrogens is 448 g/mol. The first kappa shape index (κ1) is 24.7. The van der Waals surface area contributed by atoms with E-state index in [0.29, 0.717) is 12.8 Å². The lowest BCUT2D eigenvalue weighted by molar-refractivity contribution is -0.138. The first-order valence-corrected chi connectivity index (χ1v) is 12.0. The Morgan fingerprint density at radius 2 is 1.69 bits per heavy atom. The molecule has 2 atom stereocenters. The van der Waals surface area contributed by atoms with E-state index in [1.165, 1.54) is 11.1 Å². The van der Waals surface area contributed by atoms with Crippen LogP contribution in [0.4, 0.5) is 4.79 Å². The van der Waals surface area contributed by atoms with Gasteiger partial charge in [-0.1, -0.05) is 48.5 Å². The van der Waals surface area contributed by atoms with Crippen molar-refractivity contribution in [2.24, 2.45) is 5.92 Å². The molecule has 0 spiro atoms. The number of carboxylic acid groups (broad SMARTS) is 1. The number of alkyl carbamates (subject to hydrolysis) is 1. The van der Waals surface area contributed by atoms with Gasteiger partial charge in [0.05, 0.1) is 18.6 Å². The SMILES string of the molecule is CC(C)(CCC(=O)O)NC(=O)[C@@H]1CO[C@H](CNC(=O)OCC2c3ccccc3-c3ccccc32)C1. The molecule has 1 saturated heterocycles. The van der Waals surface area contributed by atoms with Crippen molar-refractivity contribution in [3.05, 3.63) is 59.7 Å². The Morgan fingerprint density at radius 1 is 1.06 bits per heavy atom. The number of benzene rings is 2. The number of amides is 2. The van der Waals surface area contributed by atoms with Crippen molar-refractivity contribution in [3.63, 3.8) is 0 Å².